The van der Waals surface area contributed by atoms with Gasteiger partial charge in [0.2, 0.25) is 0 Å². The average Bonchev–Trinajstić information content (AvgIpc) is 3.13. The Balaban J connectivity index is 1.81. The molecular formula is C20H10N2Se2. The van der Waals surface area contributed by atoms with Crippen LogP contribution in [0.15, 0.2) is 60.9 Å². The van der Waals surface area contributed by atoms with Gasteiger partial charge in [-0.25, -0.2) is 0 Å². The summed E-state index contributed by atoms with van der Waals surface area (Å²) in [6.07, 6.45) is 3.77. The second kappa shape index (κ2) is 4.78. The van der Waals surface area contributed by atoms with Crippen LogP contribution in [0.3, 0.4) is 0 Å². The van der Waals surface area contributed by atoms with E-state index in [0.717, 1.165) is 11.0 Å². The second-order valence-electron chi connectivity index (χ2n) is 5.95. The number of aromatic nitrogens is 2. The maximum absolute atomic E-state index is 4.55. The molecular weight excluding hydrogens is 426 g/mol. The van der Waals surface area contributed by atoms with Crippen molar-refractivity contribution >= 4 is 78.6 Å². The first kappa shape index (κ1) is 13.3. The second-order valence-corrected chi connectivity index (χ2v) is 10.4. The van der Waals surface area contributed by atoms with Crippen molar-refractivity contribution < 1.29 is 0 Å². The van der Waals surface area contributed by atoms with Crippen molar-refractivity contribution in [2.24, 2.45) is 0 Å². The molecule has 4 heteroatoms. The first-order valence-electron chi connectivity index (χ1n) is 7.75. The van der Waals surface area contributed by atoms with Gasteiger partial charge in [-0.05, 0) is 0 Å². The third kappa shape index (κ3) is 1.77. The molecule has 6 rings (SSSR count). The number of benzene rings is 2. The Morgan fingerprint density at radius 3 is 1.62 bits per heavy atom. The summed E-state index contributed by atoms with van der Waals surface area (Å²) in [6, 6.07) is 17.7. The van der Waals surface area contributed by atoms with Gasteiger partial charge in [-0.15, -0.1) is 0 Å². The quantitative estimate of drug-likeness (QED) is 0.331. The van der Waals surface area contributed by atoms with Gasteiger partial charge in [0.05, 0.1) is 0 Å². The van der Waals surface area contributed by atoms with Crippen molar-refractivity contribution in [3.8, 4) is 0 Å². The van der Waals surface area contributed by atoms with Crippen LogP contribution >= 0.6 is 0 Å². The first-order chi connectivity index (χ1) is 11.9. The summed E-state index contributed by atoms with van der Waals surface area (Å²) in [4.78, 5) is 9.10. The molecule has 24 heavy (non-hydrogen) atoms. The number of rotatable bonds is 0. The Bertz CT molecular complexity index is 1300. The van der Waals surface area contributed by atoms with E-state index in [4.69, 9.17) is 0 Å². The van der Waals surface area contributed by atoms with Gasteiger partial charge in [-0.1, -0.05) is 0 Å². The molecule has 0 amide bonds. The summed E-state index contributed by atoms with van der Waals surface area (Å²) in [5, 5.41) is 5.41. The van der Waals surface area contributed by atoms with E-state index in [-0.39, 0.29) is 0 Å². The molecule has 6 aromatic rings. The van der Waals surface area contributed by atoms with Crippen molar-refractivity contribution in [1.29, 1.82) is 0 Å². The van der Waals surface area contributed by atoms with Gasteiger partial charge in [-0.2, -0.15) is 0 Å². The molecule has 2 nitrogen and oxygen atoms in total. The molecule has 0 fully saturated rings. The van der Waals surface area contributed by atoms with Crippen LogP contribution in [-0.4, -0.2) is 39.0 Å². The molecule has 112 valence electrons. The summed E-state index contributed by atoms with van der Waals surface area (Å²) >= 11 is 0.786. The summed E-state index contributed by atoms with van der Waals surface area (Å²) in [5.41, 5.74) is 2.22. The summed E-state index contributed by atoms with van der Waals surface area (Å²) < 4.78 is 6.19. The zero-order valence-electron chi connectivity index (χ0n) is 12.5. The van der Waals surface area contributed by atoms with Gasteiger partial charge in [0.15, 0.2) is 0 Å². The van der Waals surface area contributed by atoms with Gasteiger partial charge >= 0.3 is 150 Å². The summed E-state index contributed by atoms with van der Waals surface area (Å²) in [5.74, 6) is 0. The van der Waals surface area contributed by atoms with Crippen LogP contribution in [0.25, 0.3) is 49.6 Å². The minimum absolute atomic E-state index is 0.393. The molecule has 2 aromatic carbocycles. The van der Waals surface area contributed by atoms with E-state index in [1.54, 1.807) is 8.52 Å². The van der Waals surface area contributed by atoms with Crippen LogP contribution in [0, 0.1) is 0 Å². The number of pyridine rings is 2. The van der Waals surface area contributed by atoms with Crippen molar-refractivity contribution in [2.75, 3.05) is 0 Å². The number of hydrogen-bond acceptors (Lipinski definition) is 2. The van der Waals surface area contributed by atoms with Gasteiger partial charge in [0.25, 0.3) is 0 Å². The zero-order valence-corrected chi connectivity index (χ0v) is 15.9. The van der Waals surface area contributed by atoms with E-state index in [0.29, 0.717) is 29.0 Å². The Labute approximate surface area is 149 Å². The Morgan fingerprint density at radius 1 is 0.625 bits per heavy atom. The predicted molar refractivity (Wildman–Crippen MR) is 103 cm³/mol. The third-order valence-corrected chi connectivity index (χ3v) is 10.2. The molecule has 4 aromatic heterocycles. The van der Waals surface area contributed by atoms with Gasteiger partial charge < -0.3 is 0 Å². The average molecular weight is 436 g/mol. The Morgan fingerprint density at radius 2 is 1.12 bits per heavy atom. The molecule has 0 N–H and O–H groups in total. The van der Waals surface area contributed by atoms with Crippen molar-refractivity contribution in [1.82, 2.24) is 9.97 Å². The normalized spacial score (nSPS) is 12.2. The molecule has 0 aliphatic heterocycles. The molecule has 0 spiro atoms. The standard InChI is InChI=1S/C20H10N2Se2/c1-3-11-7-17-13(9-15(11)21-5-1)19-20(23-17)14-10-16-12(4-2-6-22-16)8-18(14)24-19/h1-10H. The van der Waals surface area contributed by atoms with Crippen molar-refractivity contribution in [3.05, 3.63) is 60.9 Å². The fourth-order valence-corrected chi connectivity index (χ4v) is 9.81. The van der Waals surface area contributed by atoms with Crippen molar-refractivity contribution in [2.45, 2.75) is 0 Å². The van der Waals surface area contributed by atoms with Crippen LogP contribution in [-0.2, 0) is 0 Å². The molecule has 0 saturated carbocycles. The predicted octanol–water partition coefficient (Wildman–Crippen LogP) is 4.36. The van der Waals surface area contributed by atoms with Crippen LogP contribution in [0.1, 0.15) is 0 Å². The van der Waals surface area contributed by atoms with Gasteiger partial charge in [-0.3, -0.25) is 0 Å². The molecule has 0 bridgehead atoms. The molecule has 4 heterocycles. The Hall–Kier alpha value is -1.96. The van der Waals surface area contributed by atoms with Gasteiger partial charge in [0, 0.05) is 0 Å². The number of hydrogen-bond donors (Lipinski definition) is 0. The van der Waals surface area contributed by atoms with Crippen LogP contribution in [0.4, 0.5) is 0 Å². The Kier molecular flexibility index (Phi) is 2.66. The van der Waals surface area contributed by atoms with E-state index >= 15 is 0 Å². The number of nitrogens with zero attached hydrogens (tertiary/aromatic N) is 2. The molecule has 0 radical (unpaired) electrons. The topological polar surface area (TPSA) is 25.8 Å². The molecule has 0 atom stereocenters. The van der Waals surface area contributed by atoms with E-state index in [1.165, 1.54) is 30.1 Å². The van der Waals surface area contributed by atoms with Crippen LogP contribution in [0.2, 0.25) is 0 Å². The SMILES string of the molecule is c1cnc2cc3c(cc2c1)[se]c1c2cc4ncccc4cc2[se]c31. The summed E-state index contributed by atoms with van der Waals surface area (Å²) in [6.45, 7) is 0. The maximum atomic E-state index is 4.55. The summed E-state index contributed by atoms with van der Waals surface area (Å²) in [7, 11) is 0. The van der Waals surface area contributed by atoms with Gasteiger partial charge in [0.1, 0.15) is 0 Å². The first-order valence-corrected chi connectivity index (χ1v) is 11.2. The molecule has 0 aliphatic carbocycles. The van der Waals surface area contributed by atoms with E-state index in [9.17, 15) is 0 Å². The van der Waals surface area contributed by atoms with E-state index < -0.39 is 0 Å². The van der Waals surface area contributed by atoms with E-state index in [1.807, 2.05) is 24.5 Å². The van der Waals surface area contributed by atoms with Crippen molar-refractivity contribution in [3.63, 3.8) is 0 Å². The fourth-order valence-electron chi connectivity index (χ4n) is 3.39. The van der Waals surface area contributed by atoms with Crippen LogP contribution < -0.4 is 0 Å². The fraction of sp³-hybridized carbons (Fsp3) is 0. The molecule has 0 unspecified atom stereocenters. The number of fused-ring (bicyclic) bond motifs is 7. The van der Waals surface area contributed by atoms with Crippen LogP contribution in [0.5, 0.6) is 0 Å². The van der Waals surface area contributed by atoms with E-state index in [2.05, 4.69) is 46.4 Å². The monoisotopic (exact) mass is 438 g/mol. The zero-order chi connectivity index (χ0) is 15.7. The third-order valence-electron chi connectivity index (χ3n) is 4.53. The molecule has 0 saturated heterocycles. The molecule has 0 aliphatic rings. The minimum atomic E-state index is 0.393.